The Labute approximate surface area is 279 Å². The van der Waals surface area contributed by atoms with Crippen LogP contribution in [0.4, 0.5) is 4.79 Å². The number of hydrogen-bond donors (Lipinski definition) is 4. The van der Waals surface area contributed by atoms with Crippen molar-refractivity contribution in [1.82, 2.24) is 25.8 Å². The monoisotopic (exact) mass is 657 g/mol. The van der Waals surface area contributed by atoms with Gasteiger partial charge in [0.25, 0.3) is 0 Å². The van der Waals surface area contributed by atoms with Crippen molar-refractivity contribution in [2.75, 3.05) is 20.2 Å². The van der Waals surface area contributed by atoms with Crippen LogP contribution in [0.2, 0.25) is 0 Å². The number of carboxylic acids is 1. The maximum atomic E-state index is 14.3. The van der Waals surface area contributed by atoms with Gasteiger partial charge >= 0.3 is 12.0 Å². The normalized spacial score (nSPS) is 22.4. The molecule has 2 aliphatic rings. The molecule has 3 aromatic rings. The number of carbonyl (C=O) groups excluding carboxylic acids is 3. The summed E-state index contributed by atoms with van der Waals surface area (Å²) >= 11 is 0. The number of nitrogens with one attached hydrogen (secondary N) is 3. The van der Waals surface area contributed by atoms with E-state index in [1.807, 2.05) is 69.3 Å². The maximum absolute atomic E-state index is 14.3. The molecule has 1 aliphatic carbocycles. The summed E-state index contributed by atoms with van der Waals surface area (Å²) in [7, 11) is 1.58. The SMILES string of the molecule is C=C[C@H]1CC1(NC(=O)[C@@H]1C[C@@H](Oc2cc(-c3ccccc3)nc3cc(OC)ccc23)CN1C(=O)[C@@H](NC(=O)NCC)C(C)(C)C)C(=O)O. The van der Waals surface area contributed by atoms with Crippen molar-refractivity contribution < 1.29 is 33.8 Å². The lowest BCUT2D eigenvalue weighted by Gasteiger charge is -2.35. The number of hydrogen-bond acceptors (Lipinski definition) is 7. The van der Waals surface area contributed by atoms with Gasteiger partial charge in [0.1, 0.15) is 35.2 Å². The van der Waals surface area contributed by atoms with E-state index in [4.69, 9.17) is 14.5 Å². The van der Waals surface area contributed by atoms with Gasteiger partial charge in [-0.15, -0.1) is 6.58 Å². The Morgan fingerprint density at radius 1 is 1.15 bits per heavy atom. The van der Waals surface area contributed by atoms with Crippen LogP contribution in [0.25, 0.3) is 22.2 Å². The molecule has 4 amide bonds. The van der Waals surface area contributed by atoms with Gasteiger partial charge in [0.2, 0.25) is 11.8 Å². The predicted molar refractivity (Wildman–Crippen MR) is 181 cm³/mol. The Balaban J connectivity index is 1.51. The Morgan fingerprint density at radius 3 is 2.48 bits per heavy atom. The number of likely N-dealkylation sites (tertiary alicyclic amines) is 1. The van der Waals surface area contributed by atoms with E-state index in [1.54, 1.807) is 20.1 Å². The molecule has 5 rings (SSSR count). The number of methoxy groups -OCH3 is 1. The van der Waals surface area contributed by atoms with Gasteiger partial charge in [0.05, 0.1) is 24.9 Å². The first-order chi connectivity index (χ1) is 22.8. The number of carboxylic acid groups (broad SMARTS) is 1. The molecule has 12 nitrogen and oxygen atoms in total. The van der Waals surface area contributed by atoms with E-state index in [0.29, 0.717) is 34.6 Å². The highest BCUT2D eigenvalue weighted by Gasteiger charge is 2.61. The lowest BCUT2D eigenvalue weighted by Crippen LogP contribution is -2.60. The summed E-state index contributed by atoms with van der Waals surface area (Å²) in [6.07, 6.45) is 1.15. The molecule has 4 N–H and O–H groups in total. The summed E-state index contributed by atoms with van der Waals surface area (Å²) < 4.78 is 12.1. The molecule has 5 atom stereocenters. The Morgan fingerprint density at radius 2 is 1.88 bits per heavy atom. The molecular weight excluding hydrogens is 614 g/mol. The quantitative estimate of drug-likeness (QED) is 0.224. The summed E-state index contributed by atoms with van der Waals surface area (Å²) in [5, 5.41) is 18.8. The standard InChI is InChI=1S/C36H43N5O7/c1-7-22-19-36(22,33(44)45)40-31(42)28-17-24(20-41(28)32(43)30(35(3,4)5)39-34(46)37-8-2)48-29-18-26(21-12-10-9-11-13-21)38-27-16-23(47-6)14-15-25(27)29/h7,9-16,18,22,24,28,30H,1,8,17,19-20H2,2-6H3,(H,40,42)(H,44,45)(H2,37,39,46)/t22-,24+,28-,30+,36?/m0/s1. The third-order valence-corrected chi connectivity index (χ3v) is 8.94. The molecule has 254 valence electrons. The number of urea groups is 1. The number of aromatic nitrogens is 1. The van der Waals surface area contributed by atoms with Gasteiger partial charge in [-0.05, 0) is 30.9 Å². The van der Waals surface area contributed by atoms with E-state index < -0.39 is 58.9 Å². The number of carbonyl (C=O) groups is 4. The fourth-order valence-corrected chi connectivity index (χ4v) is 6.19. The number of benzene rings is 2. The largest absolute Gasteiger partial charge is 0.497 e. The van der Waals surface area contributed by atoms with E-state index in [9.17, 15) is 24.3 Å². The average molecular weight is 658 g/mol. The smallest absolute Gasteiger partial charge is 0.330 e. The van der Waals surface area contributed by atoms with Gasteiger partial charge in [-0.2, -0.15) is 0 Å². The van der Waals surface area contributed by atoms with Gasteiger partial charge in [-0.3, -0.25) is 9.59 Å². The molecule has 2 fully saturated rings. The second-order valence-corrected chi connectivity index (χ2v) is 13.4. The summed E-state index contributed by atoms with van der Waals surface area (Å²) in [4.78, 5) is 59.3. The highest BCUT2D eigenvalue weighted by Crippen LogP contribution is 2.45. The van der Waals surface area contributed by atoms with Crippen molar-refractivity contribution in [2.24, 2.45) is 11.3 Å². The summed E-state index contributed by atoms with van der Waals surface area (Å²) in [5.41, 5.74) is -0.0346. The molecule has 1 saturated heterocycles. The van der Waals surface area contributed by atoms with Crippen LogP contribution in [0, 0.1) is 11.3 Å². The van der Waals surface area contributed by atoms with E-state index in [-0.39, 0.29) is 19.4 Å². The zero-order chi connectivity index (χ0) is 34.8. The molecule has 1 aromatic heterocycles. The van der Waals surface area contributed by atoms with Gasteiger partial charge in [0, 0.05) is 42.0 Å². The lowest BCUT2D eigenvalue weighted by molar-refractivity contribution is -0.146. The van der Waals surface area contributed by atoms with Crippen LogP contribution < -0.4 is 25.4 Å². The predicted octanol–water partition coefficient (Wildman–Crippen LogP) is 4.14. The van der Waals surface area contributed by atoms with E-state index in [2.05, 4.69) is 22.5 Å². The van der Waals surface area contributed by atoms with Crippen LogP contribution in [-0.2, 0) is 14.4 Å². The van der Waals surface area contributed by atoms with E-state index >= 15 is 0 Å². The second kappa shape index (κ2) is 13.5. The van der Waals surface area contributed by atoms with Crippen molar-refractivity contribution in [3.05, 3.63) is 67.3 Å². The fourth-order valence-electron chi connectivity index (χ4n) is 6.19. The fraction of sp³-hybridized carbons (Fsp3) is 0.417. The first kappa shape index (κ1) is 34.2. The van der Waals surface area contributed by atoms with Crippen LogP contribution in [-0.4, -0.2) is 82.7 Å². The van der Waals surface area contributed by atoms with Crippen LogP contribution in [0.5, 0.6) is 11.5 Å². The molecule has 1 unspecified atom stereocenters. The molecule has 48 heavy (non-hydrogen) atoms. The number of rotatable bonds is 11. The topological polar surface area (TPSA) is 159 Å². The molecule has 2 aromatic carbocycles. The molecule has 12 heteroatoms. The zero-order valence-electron chi connectivity index (χ0n) is 27.9. The van der Waals surface area contributed by atoms with Crippen molar-refractivity contribution in [1.29, 1.82) is 0 Å². The number of fused-ring (bicyclic) bond motifs is 1. The highest BCUT2D eigenvalue weighted by molar-refractivity contribution is 5.96. The number of nitrogens with zero attached hydrogens (tertiary/aromatic N) is 2. The first-order valence-electron chi connectivity index (χ1n) is 16.0. The van der Waals surface area contributed by atoms with Crippen molar-refractivity contribution in [3.8, 4) is 22.8 Å². The van der Waals surface area contributed by atoms with E-state index in [0.717, 1.165) is 5.56 Å². The third kappa shape index (κ3) is 6.92. The van der Waals surface area contributed by atoms with Crippen molar-refractivity contribution >= 4 is 34.7 Å². The Kier molecular flexibility index (Phi) is 9.65. The summed E-state index contributed by atoms with van der Waals surface area (Å²) in [5.74, 6) is -1.56. The number of amides is 4. The molecular formula is C36H43N5O7. The maximum Gasteiger partial charge on any atom is 0.330 e. The van der Waals surface area contributed by atoms with Crippen LogP contribution >= 0.6 is 0 Å². The Bertz CT molecular complexity index is 1720. The molecule has 0 spiro atoms. The number of ether oxygens (including phenoxy) is 2. The van der Waals surface area contributed by atoms with Gasteiger partial charge in [0.15, 0.2) is 0 Å². The second-order valence-electron chi connectivity index (χ2n) is 13.4. The molecule has 1 saturated carbocycles. The first-order valence-corrected chi connectivity index (χ1v) is 16.0. The summed E-state index contributed by atoms with van der Waals surface area (Å²) in [6, 6.07) is 14.3. The van der Waals surface area contributed by atoms with Gasteiger partial charge in [-0.1, -0.05) is 57.2 Å². The minimum Gasteiger partial charge on any atom is -0.497 e. The molecule has 0 radical (unpaired) electrons. The number of aliphatic carboxylic acids is 1. The third-order valence-electron chi connectivity index (χ3n) is 8.94. The summed E-state index contributed by atoms with van der Waals surface area (Å²) in [6.45, 7) is 11.3. The van der Waals surface area contributed by atoms with Crippen LogP contribution in [0.15, 0.2) is 67.3 Å². The van der Waals surface area contributed by atoms with Gasteiger partial charge in [-0.25, -0.2) is 14.6 Å². The van der Waals surface area contributed by atoms with Crippen molar-refractivity contribution in [2.45, 2.75) is 64.3 Å². The van der Waals surface area contributed by atoms with Gasteiger partial charge < -0.3 is 35.4 Å². The zero-order valence-corrected chi connectivity index (χ0v) is 27.9. The lowest BCUT2D eigenvalue weighted by atomic mass is 9.85. The van der Waals surface area contributed by atoms with Crippen molar-refractivity contribution in [3.63, 3.8) is 0 Å². The number of pyridine rings is 1. The Hall–Kier alpha value is -5.13. The van der Waals surface area contributed by atoms with Crippen LogP contribution in [0.1, 0.15) is 40.5 Å². The molecule has 0 bridgehead atoms. The average Bonchev–Trinajstić information content (AvgIpc) is 3.62. The van der Waals surface area contributed by atoms with E-state index in [1.165, 1.54) is 11.0 Å². The highest BCUT2D eigenvalue weighted by atomic mass is 16.5. The molecule has 1 aliphatic heterocycles. The van der Waals surface area contributed by atoms with Crippen LogP contribution in [0.3, 0.4) is 0 Å². The minimum absolute atomic E-state index is 0.0200. The molecule has 2 heterocycles. The minimum atomic E-state index is -1.49.